The normalized spacial score (nSPS) is 12.7. The second-order valence-electron chi connectivity index (χ2n) is 12.9. The lowest BCUT2D eigenvalue weighted by atomic mass is 9.90. The van der Waals surface area contributed by atoms with Crippen molar-refractivity contribution in [1.29, 1.82) is 0 Å². The van der Waals surface area contributed by atoms with E-state index in [1.54, 1.807) is 0 Å². The minimum absolute atomic E-state index is 0.295. The van der Waals surface area contributed by atoms with Crippen molar-refractivity contribution in [3.8, 4) is 45.0 Å². The minimum Gasteiger partial charge on any atom is -0.256 e. The van der Waals surface area contributed by atoms with Crippen molar-refractivity contribution in [2.75, 3.05) is 0 Å². The van der Waals surface area contributed by atoms with Crippen LogP contribution in [0.5, 0.6) is 0 Å². The van der Waals surface area contributed by atoms with Gasteiger partial charge >= 0.3 is 0 Å². The fourth-order valence-electron chi connectivity index (χ4n) is 6.82. The summed E-state index contributed by atoms with van der Waals surface area (Å²) in [6.45, 7) is 4.62. The average Bonchev–Trinajstić information content (AvgIpc) is 3.56. The van der Waals surface area contributed by atoms with Gasteiger partial charge in [0.05, 0.1) is 11.4 Å². The molecule has 0 aliphatic rings. The maximum absolute atomic E-state index is 5.11. The maximum atomic E-state index is 5.11. The molecule has 0 saturated heterocycles. The van der Waals surface area contributed by atoms with E-state index in [-0.39, 0.29) is 0 Å². The molecule has 3 nitrogen and oxygen atoms in total. The summed E-state index contributed by atoms with van der Waals surface area (Å²) in [6.07, 6.45) is 4.05. The molecule has 0 bridgehead atoms. The van der Waals surface area contributed by atoms with E-state index in [0.29, 0.717) is 11.8 Å². The van der Waals surface area contributed by atoms with Gasteiger partial charge in [-0.2, -0.15) is 0 Å². The molecule has 8 rings (SSSR count). The number of benzene rings is 5. The Balaban J connectivity index is 1.14. The summed E-state index contributed by atoms with van der Waals surface area (Å²) in [5, 5.41) is 2.55. The van der Waals surface area contributed by atoms with Crippen molar-refractivity contribution in [1.82, 2.24) is 15.0 Å². The summed E-state index contributed by atoms with van der Waals surface area (Å²) in [6, 6.07) is 51.5. The molecule has 0 fully saturated rings. The Labute approximate surface area is 292 Å². The fourth-order valence-corrected chi connectivity index (χ4v) is 7.96. The molecule has 4 heteroatoms. The Morgan fingerprint density at radius 3 is 2.04 bits per heavy atom. The zero-order valence-corrected chi connectivity index (χ0v) is 28.6. The Bertz CT molecular complexity index is 2360. The lowest BCUT2D eigenvalue weighted by Gasteiger charge is -2.17. The molecule has 0 aliphatic carbocycles. The Kier molecular flexibility index (Phi) is 8.55. The third-order valence-electron chi connectivity index (χ3n) is 9.64. The highest BCUT2D eigenvalue weighted by atomic mass is 32.1. The zero-order chi connectivity index (χ0) is 33.2. The Morgan fingerprint density at radius 2 is 1.22 bits per heavy atom. The van der Waals surface area contributed by atoms with Gasteiger partial charge in [-0.1, -0.05) is 135 Å². The topological polar surface area (TPSA) is 38.7 Å². The smallest absolute Gasteiger partial charge is 0.160 e. The maximum Gasteiger partial charge on any atom is 0.160 e. The van der Waals surface area contributed by atoms with Crippen LogP contribution in [-0.2, 0) is 0 Å². The van der Waals surface area contributed by atoms with Crippen LogP contribution >= 0.6 is 11.3 Å². The van der Waals surface area contributed by atoms with Crippen LogP contribution in [0.4, 0.5) is 0 Å². The lowest BCUT2D eigenvalue weighted by Crippen LogP contribution is -2.04. The molecule has 0 spiro atoms. The predicted molar refractivity (Wildman–Crippen MR) is 207 cm³/mol. The van der Waals surface area contributed by atoms with E-state index in [2.05, 4.69) is 147 Å². The third kappa shape index (κ3) is 6.28. The molecule has 0 radical (unpaired) electrons. The van der Waals surface area contributed by atoms with Crippen molar-refractivity contribution in [2.24, 2.45) is 0 Å². The Morgan fingerprint density at radius 1 is 0.551 bits per heavy atom. The van der Waals surface area contributed by atoms with E-state index >= 15 is 0 Å². The van der Waals surface area contributed by atoms with E-state index in [0.717, 1.165) is 63.6 Å². The van der Waals surface area contributed by atoms with E-state index in [1.807, 2.05) is 29.7 Å². The van der Waals surface area contributed by atoms with Gasteiger partial charge in [0.25, 0.3) is 0 Å². The number of pyridine rings is 1. The summed E-state index contributed by atoms with van der Waals surface area (Å²) in [7, 11) is 0. The highest BCUT2D eigenvalue weighted by molar-refractivity contribution is 7.25. The van der Waals surface area contributed by atoms with Crippen LogP contribution in [0.2, 0.25) is 0 Å². The molecule has 49 heavy (non-hydrogen) atoms. The lowest BCUT2D eigenvalue weighted by molar-refractivity contribution is 0.565. The van der Waals surface area contributed by atoms with E-state index in [1.165, 1.54) is 25.7 Å². The summed E-state index contributed by atoms with van der Waals surface area (Å²) in [5.41, 5.74) is 9.93. The number of nitrogens with zero attached hydrogens (tertiary/aromatic N) is 3. The van der Waals surface area contributed by atoms with E-state index < -0.39 is 0 Å². The van der Waals surface area contributed by atoms with Gasteiger partial charge in [0.15, 0.2) is 5.82 Å². The quantitative estimate of drug-likeness (QED) is 0.156. The largest absolute Gasteiger partial charge is 0.256 e. The van der Waals surface area contributed by atoms with Gasteiger partial charge in [-0.05, 0) is 60.1 Å². The average molecular weight is 652 g/mol. The first-order valence-electron chi connectivity index (χ1n) is 17.1. The van der Waals surface area contributed by atoms with Gasteiger partial charge in [0.1, 0.15) is 0 Å². The Hall–Kier alpha value is -5.45. The van der Waals surface area contributed by atoms with Crippen LogP contribution in [0.25, 0.3) is 65.2 Å². The molecule has 0 aliphatic heterocycles. The van der Waals surface area contributed by atoms with Gasteiger partial charge in [0, 0.05) is 54.3 Å². The third-order valence-corrected chi connectivity index (χ3v) is 10.8. The van der Waals surface area contributed by atoms with Gasteiger partial charge in [0.2, 0.25) is 0 Å². The first-order valence-corrected chi connectivity index (χ1v) is 17.9. The molecule has 5 aromatic carbocycles. The predicted octanol–water partition coefficient (Wildman–Crippen LogP) is 12.6. The molecule has 8 aromatic rings. The van der Waals surface area contributed by atoms with Gasteiger partial charge < -0.3 is 0 Å². The number of rotatable bonds is 9. The van der Waals surface area contributed by atoms with Crippen LogP contribution in [0.1, 0.15) is 49.8 Å². The van der Waals surface area contributed by atoms with Gasteiger partial charge in [-0.3, -0.25) is 4.98 Å². The van der Waals surface area contributed by atoms with Gasteiger partial charge in [-0.25, -0.2) is 9.97 Å². The van der Waals surface area contributed by atoms with Crippen LogP contribution in [0, 0.1) is 0 Å². The van der Waals surface area contributed by atoms with Crippen LogP contribution in [0.3, 0.4) is 0 Å². The van der Waals surface area contributed by atoms with Crippen molar-refractivity contribution in [3.63, 3.8) is 0 Å². The molecule has 0 saturated carbocycles. The standard InChI is InChI=1S/C45H37N3S/c1-30(32-13-5-3-6-14-32)22-23-31(2)39-29-40(48-45(47-39)35-15-7-4-8-16-35)34-26-24-33(25-27-34)36-19-12-28-46-44(36)38-18-11-21-42-43(38)37-17-9-10-20-41(37)49-42/h3-21,24-31H,22-23H2,1-2H3. The monoisotopic (exact) mass is 651 g/mol. The van der Waals surface area contributed by atoms with Crippen molar-refractivity contribution in [3.05, 3.63) is 163 Å². The summed E-state index contributed by atoms with van der Waals surface area (Å²) in [4.78, 5) is 15.2. The number of fused-ring (bicyclic) bond motifs is 3. The van der Waals surface area contributed by atoms with Crippen molar-refractivity contribution >= 4 is 31.5 Å². The number of aromatic nitrogens is 3. The molecule has 2 unspecified atom stereocenters. The highest BCUT2D eigenvalue weighted by Gasteiger charge is 2.18. The summed E-state index contributed by atoms with van der Waals surface area (Å²) >= 11 is 1.84. The molecule has 2 atom stereocenters. The first-order chi connectivity index (χ1) is 24.1. The molecule has 3 heterocycles. The van der Waals surface area contributed by atoms with Crippen LogP contribution in [0.15, 0.2) is 152 Å². The second kappa shape index (κ2) is 13.6. The van der Waals surface area contributed by atoms with Crippen LogP contribution < -0.4 is 0 Å². The van der Waals surface area contributed by atoms with Crippen molar-refractivity contribution in [2.45, 2.75) is 38.5 Å². The molecule has 0 N–H and O–H groups in total. The van der Waals surface area contributed by atoms with E-state index in [9.17, 15) is 0 Å². The summed E-state index contributed by atoms with van der Waals surface area (Å²) in [5.74, 6) is 1.56. The van der Waals surface area contributed by atoms with Crippen molar-refractivity contribution < 1.29 is 0 Å². The molecule has 3 aromatic heterocycles. The minimum atomic E-state index is 0.295. The SMILES string of the molecule is CC(CCC(C)c1cc(-c2ccc(-c3cccnc3-c3cccc4sc5ccccc5c34)cc2)nc(-c2ccccc2)n1)c1ccccc1. The fraction of sp³-hybridized carbons (Fsp3) is 0.133. The molecular weight excluding hydrogens is 615 g/mol. The number of hydrogen-bond acceptors (Lipinski definition) is 4. The second-order valence-corrected chi connectivity index (χ2v) is 14.0. The number of thiophene rings is 1. The first kappa shape index (κ1) is 30.9. The molecule has 238 valence electrons. The van der Waals surface area contributed by atoms with E-state index in [4.69, 9.17) is 15.0 Å². The molecule has 0 amide bonds. The highest BCUT2D eigenvalue weighted by Crippen LogP contribution is 2.42. The van der Waals surface area contributed by atoms with Crippen LogP contribution in [-0.4, -0.2) is 15.0 Å². The summed E-state index contributed by atoms with van der Waals surface area (Å²) < 4.78 is 2.58. The zero-order valence-electron chi connectivity index (χ0n) is 27.8. The van der Waals surface area contributed by atoms with Gasteiger partial charge in [-0.15, -0.1) is 11.3 Å². The molecular formula is C45H37N3S. The number of hydrogen-bond donors (Lipinski definition) is 0.